The molecule has 0 unspecified atom stereocenters. The standard InChI is InChI=1S/C17H26O/c1-13(2)11-15(5)17(14(3)4)18-12-16-9-7-6-8-10-16/h6-11,14-15,17H,12H2,1-5H3/t15-,17+/m1/s1. The number of ether oxygens (including phenoxy) is 1. The molecular weight excluding hydrogens is 220 g/mol. The van der Waals surface area contributed by atoms with Crippen LogP contribution in [0.4, 0.5) is 0 Å². The Morgan fingerprint density at radius 3 is 2.22 bits per heavy atom. The van der Waals surface area contributed by atoms with E-state index in [2.05, 4.69) is 65.0 Å². The van der Waals surface area contributed by atoms with E-state index < -0.39 is 0 Å². The summed E-state index contributed by atoms with van der Waals surface area (Å²) in [5.74, 6) is 0.984. The molecule has 1 aromatic rings. The molecule has 0 saturated carbocycles. The molecule has 0 aliphatic heterocycles. The third-order valence-electron chi connectivity index (χ3n) is 3.06. The smallest absolute Gasteiger partial charge is 0.0721 e. The van der Waals surface area contributed by atoms with E-state index in [0.717, 1.165) is 0 Å². The SMILES string of the molecule is CC(C)=C[C@@H](C)[C@@H](OCc1ccccc1)C(C)C. The second kappa shape index (κ2) is 7.38. The molecule has 0 fully saturated rings. The fraction of sp³-hybridized carbons (Fsp3) is 0.529. The van der Waals surface area contributed by atoms with Crippen LogP contribution in [0.5, 0.6) is 0 Å². The second-order valence-electron chi connectivity index (χ2n) is 5.61. The number of benzene rings is 1. The van der Waals surface area contributed by atoms with Crippen LogP contribution in [0.15, 0.2) is 42.0 Å². The van der Waals surface area contributed by atoms with Crippen LogP contribution >= 0.6 is 0 Å². The van der Waals surface area contributed by atoms with E-state index in [9.17, 15) is 0 Å². The van der Waals surface area contributed by atoms with Crippen LogP contribution in [0.3, 0.4) is 0 Å². The van der Waals surface area contributed by atoms with Gasteiger partial charge < -0.3 is 4.74 Å². The van der Waals surface area contributed by atoms with E-state index in [1.807, 2.05) is 6.07 Å². The number of hydrogen-bond donors (Lipinski definition) is 0. The zero-order valence-electron chi connectivity index (χ0n) is 12.3. The third kappa shape index (κ3) is 5.05. The summed E-state index contributed by atoms with van der Waals surface area (Å²) in [6.45, 7) is 11.7. The Morgan fingerprint density at radius 1 is 1.11 bits per heavy atom. The van der Waals surface area contributed by atoms with Crippen LogP contribution in [0, 0.1) is 11.8 Å². The van der Waals surface area contributed by atoms with E-state index in [1.54, 1.807) is 0 Å². The van der Waals surface area contributed by atoms with Gasteiger partial charge in [0.25, 0.3) is 0 Å². The Kier molecular flexibility index (Phi) is 6.14. The first-order valence-corrected chi connectivity index (χ1v) is 6.81. The highest BCUT2D eigenvalue weighted by Gasteiger charge is 2.19. The summed E-state index contributed by atoms with van der Waals surface area (Å²) < 4.78 is 6.11. The van der Waals surface area contributed by atoms with Gasteiger partial charge in [0.1, 0.15) is 0 Å². The summed E-state index contributed by atoms with van der Waals surface area (Å²) in [4.78, 5) is 0. The van der Waals surface area contributed by atoms with E-state index in [-0.39, 0.29) is 6.10 Å². The van der Waals surface area contributed by atoms with E-state index in [0.29, 0.717) is 18.4 Å². The van der Waals surface area contributed by atoms with Crippen molar-refractivity contribution in [1.29, 1.82) is 0 Å². The van der Waals surface area contributed by atoms with Gasteiger partial charge in [-0.1, -0.05) is 62.8 Å². The highest BCUT2D eigenvalue weighted by molar-refractivity contribution is 5.13. The molecule has 0 spiro atoms. The van der Waals surface area contributed by atoms with Crippen LogP contribution in [-0.4, -0.2) is 6.10 Å². The molecule has 0 bridgehead atoms. The van der Waals surface area contributed by atoms with E-state index in [1.165, 1.54) is 11.1 Å². The maximum absolute atomic E-state index is 6.11. The Bertz CT molecular complexity index is 360. The molecule has 0 N–H and O–H groups in total. The first kappa shape index (κ1) is 15.0. The van der Waals surface area contributed by atoms with Gasteiger partial charge in [-0.05, 0) is 25.3 Å². The molecule has 0 heterocycles. The van der Waals surface area contributed by atoms with Crippen LogP contribution < -0.4 is 0 Å². The Morgan fingerprint density at radius 2 is 1.72 bits per heavy atom. The molecule has 1 heteroatoms. The van der Waals surface area contributed by atoms with Gasteiger partial charge in [-0.3, -0.25) is 0 Å². The minimum Gasteiger partial charge on any atom is -0.373 e. The molecule has 1 nitrogen and oxygen atoms in total. The van der Waals surface area contributed by atoms with Crippen molar-refractivity contribution in [2.75, 3.05) is 0 Å². The number of rotatable bonds is 6. The molecule has 0 aliphatic carbocycles. The Balaban J connectivity index is 2.61. The largest absolute Gasteiger partial charge is 0.373 e. The van der Waals surface area contributed by atoms with Crippen molar-refractivity contribution in [2.45, 2.75) is 47.3 Å². The lowest BCUT2D eigenvalue weighted by molar-refractivity contribution is -0.0118. The summed E-state index contributed by atoms with van der Waals surface area (Å²) in [6.07, 6.45) is 2.58. The first-order chi connectivity index (χ1) is 8.50. The van der Waals surface area contributed by atoms with E-state index in [4.69, 9.17) is 4.74 Å². The minimum atomic E-state index is 0.278. The Hall–Kier alpha value is -1.08. The average molecular weight is 246 g/mol. The summed E-state index contributed by atoms with van der Waals surface area (Å²) in [6, 6.07) is 10.4. The van der Waals surface area contributed by atoms with Crippen molar-refractivity contribution in [3.05, 3.63) is 47.5 Å². The van der Waals surface area contributed by atoms with Crippen molar-refractivity contribution in [3.63, 3.8) is 0 Å². The van der Waals surface area contributed by atoms with Crippen molar-refractivity contribution in [1.82, 2.24) is 0 Å². The molecule has 0 aromatic heterocycles. The van der Waals surface area contributed by atoms with Crippen molar-refractivity contribution >= 4 is 0 Å². The lowest BCUT2D eigenvalue weighted by atomic mass is 9.93. The first-order valence-electron chi connectivity index (χ1n) is 6.81. The van der Waals surface area contributed by atoms with Gasteiger partial charge in [0.15, 0.2) is 0 Å². The van der Waals surface area contributed by atoms with Crippen molar-refractivity contribution < 1.29 is 4.74 Å². The summed E-state index contributed by atoms with van der Waals surface area (Å²) in [7, 11) is 0. The van der Waals surface area contributed by atoms with Gasteiger partial charge in [-0.25, -0.2) is 0 Å². The average Bonchev–Trinajstić information content (AvgIpc) is 2.29. The zero-order valence-corrected chi connectivity index (χ0v) is 12.3. The fourth-order valence-electron chi connectivity index (χ4n) is 2.34. The van der Waals surface area contributed by atoms with Gasteiger partial charge in [-0.15, -0.1) is 0 Å². The van der Waals surface area contributed by atoms with Gasteiger partial charge in [0.05, 0.1) is 12.7 Å². The summed E-state index contributed by atoms with van der Waals surface area (Å²) in [5.41, 5.74) is 2.60. The molecule has 100 valence electrons. The fourth-order valence-corrected chi connectivity index (χ4v) is 2.34. The summed E-state index contributed by atoms with van der Waals surface area (Å²) >= 11 is 0. The molecular formula is C17H26O. The van der Waals surface area contributed by atoms with Crippen LogP contribution in [0.1, 0.15) is 40.2 Å². The highest BCUT2D eigenvalue weighted by atomic mass is 16.5. The molecule has 1 rings (SSSR count). The van der Waals surface area contributed by atoms with Gasteiger partial charge in [0, 0.05) is 5.92 Å². The third-order valence-corrected chi connectivity index (χ3v) is 3.06. The topological polar surface area (TPSA) is 9.23 Å². The number of allylic oxidation sites excluding steroid dienone is 1. The van der Waals surface area contributed by atoms with E-state index >= 15 is 0 Å². The molecule has 0 aliphatic rings. The molecule has 0 saturated heterocycles. The lowest BCUT2D eigenvalue weighted by Gasteiger charge is -2.26. The molecule has 2 atom stereocenters. The normalized spacial score (nSPS) is 14.3. The summed E-state index contributed by atoms with van der Waals surface area (Å²) in [5, 5.41) is 0. The molecule has 18 heavy (non-hydrogen) atoms. The van der Waals surface area contributed by atoms with Gasteiger partial charge in [-0.2, -0.15) is 0 Å². The maximum Gasteiger partial charge on any atom is 0.0721 e. The predicted octanol–water partition coefficient (Wildman–Crippen LogP) is 4.83. The highest BCUT2D eigenvalue weighted by Crippen LogP contribution is 2.20. The quantitative estimate of drug-likeness (QED) is 0.653. The van der Waals surface area contributed by atoms with Crippen LogP contribution in [0.25, 0.3) is 0 Å². The van der Waals surface area contributed by atoms with Gasteiger partial charge in [0.2, 0.25) is 0 Å². The number of hydrogen-bond acceptors (Lipinski definition) is 1. The molecule has 1 aromatic carbocycles. The van der Waals surface area contributed by atoms with Crippen molar-refractivity contribution in [2.24, 2.45) is 11.8 Å². The maximum atomic E-state index is 6.11. The monoisotopic (exact) mass is 246 g/mol. The molecule has 0 amide bonds. The van der Waals surface area contributed by atoms with Crippen LogP contribution in [0.2, 0.25) is 0 Å². The Labute approximate surface area is 112 Å². The van der Waals surface area contributed by atoms with Crippen LogP contribution in [-0.2, 0) is 11.3 Å². The molecule has 0 radical (unpaired) electrons. The predicted molar refractivity (Wildman–Crippen MR) is 78.5 cm³/mol. The second-order valence-corrected chi connectivity index (χ2v) is 5.61. The van der Waals surface area contributed by atoms with Crippen molar-refractivity contribution in [3.8, 4) is 0 Å². The minimum absolute atomic E-state index is 0.278. The van der Waals surface area contributed by atoms with Gasteiger partial charge >= 0.3 is 0 Å². The lowest BCUT2D eigenvalue weighted by Crippen LogP contribution is -2.26. The zero-order chi connectivity index (χ0) is 13.5.